The minimum Gasteiger partial charge on any atom is -0.328 e. The second-order valence-corrected chi connectivity index (χ2v) is 5.29. The molecule has 7 heteroatoms. The number of nitrogens with one attached hydrogen (secondary N) is 1. The first-order valence-corrected chi connectivity index (χ1v) is 6.95. The smallest absolute Gasteiger partial charge is 0.328 e. The van der Waals surface area contributed by atoms with Crippen LogP contribution < -0.4 is 5.56 Å². The van der Waals surface area contributed by atoms with E-state index in [1.54, 1.807) is 38.1 Å². The average Bonchev–Trinajstić information content (AvgIpc) is 2.83. The summed E-state index contributed by atoms with van der Waals surface area (Å²) in [7, 11) is 0. The summed E-state index contributed by atoms with van der Waals surface area (Å²) in [6, 6.07) is 6.62. The average molecular weight is 309 g/mol. The summed E-state index contributed by atoms with van der Waals surface area (Å²) >= 11 is 0. The molecule has 3 rings (SSSR count). The van der Waals surface area contributed by atoms with Gasteiger partial charge in [-0.25, -0.2) is 9.38 Å². The first-order valence-electron chi connectivity index (χ1n) is 6.95. The molecule has 0 aliphatic carbocycles. The fourth-order valence-corrected chi connectivity index (χ4v) is 2.57. The van der Waals surface area contributed by atoms with Crippen LogP contribution in [0, 0.1) is 0 Å². The Balaban J connectivity index is 2.51. The van der Waals surface area contributed by atoms with Crippen molar-refractivity contribution in [2.75, 3.05) is 0 Å². The van der Waals surface area contributed by atoms with Crippen LogP contribution in [-0.4, -0.2) is 14.4 Å². The molecule has 1 atom stereocenters. The fourth-order valence-electron chi connectivity index (χ4n) is 2.57. The summed E-state index contributed by atoms with van der Waals surface area (Å²) in [4.78, 5) is 19.4. The van der Waals surface area contributed by atoms with Gasteiger partial charge in [0.25, 0.3) is 5.56 Å². The molecule has 0 amide bonds. The summed E-state index contributed by atoms with van der Waals surface area (Å²) in [6.07, 6.45) is -4.23. The van der Waals surface area contributed by atoms with E-state index in [0.29, 0.717) is 17.5 Å². The van der Waals surface area contributed by atoms with Crippen LogP contribution in [0.4, 0.5) is 13.2 Å². The van der Waals surface area contributed by atoms with E-state index in [2.05, 4.69) is 9.97 Å². The molecule has 1 aromatic carbocycles. The molecule has 0 radical (unpaired) electrons. The Labute approximate surface area is 123 Å². The van der Waals surface area contributed by atoms with Crippen molar-refractivity contribution in [1.29, 1.82) is 0 Å². The predicted octanol–water partition coefficient (Wildman–Crippen LogP) is 3.71. The zero-order valence-electron chi connectivity index (χ0n) is 12.0. The molecule has 0 fully saturated rings. The molecule has 0 aliphatic heterocycles. The van der Waals surface area contributed by atoms with Crippen LogP contribution in [0.2, 0.25) is 0 Å². The van der Waals surface area contributed by atoms with E-state index in [4.69, 9.17) is 0 Å². The number of benzene rings is 1. The van der Waals surface area contributed by atoms with Crippen molar-refractivity contribution in [3.8, 4) is 0 Å². The number of halogens is 3. The maximum absolute atomic E-state index is 13.4. The molecule has 0 bridgehead atoms. The third-order valence-corrected chi connectivity index (χ3v) is 3.88. The van der Waals surface area contributed by atoms with Crippen LogP contribution in [0.5, 0.6) is 0 Å². The quantitative estimate of drug-likeness (QED) is 0.784. The molecular weight excluding hydrogens is 295 g/mol. The predicted molar refractivity (Wildman–Crippen MR) is 77.0 cm³/mol. The number of rotatable bonds is 2. The minimum absolute atomic E-state index is 0.109. The summed E-state index contributed by atoms with van der Waals surface area (Å²) in [5.41, 5.74) is -1.49. The van der Waals surface area contributed by atoms with Crippen molar-refractivity contribution >= 4 is 16.8 Å². The number of alkyl halides is 3. The number of fused-ring (bicyclic) bond motifs is 3. The molecule has 1 unspecified atom stereocenters. The molecule has 4 nitrogen and oxygen atoms in total. The highest BCUT2D eigenvalue weighted by atomic mass is 19.4. The topological polar surface area (TPSA) is 50.2 Å². The van der Waals surface area contributed by atoms with Gasteiger partial charge < -0.3 is 4.98 Å². The van der Waals surface area contributed by atoms with Crippen LogP contribution in [0.3, 0.4) is 0 Å². The maximum atomic E-state index is 13.4. The first-order chi connectivity index (χ1) is 10.3. The highest BCUT2D eigenvalue weighted by Crippen LogP contribution is 2.33. The number of hydrogen-bond donors (Lipinski definition) is 1. The van der Waals surface area contributed by atoms with Gasteiger partial charge in [0.2, 0.25) is 5.78 Å². The molecule has 1 N–H and O–H groups in total. The first kappa shape index (κ1) is 14.6. The van der Waals surface area contributed by atoms with Gasteiger partial charge >= 0.3 is 6.18 Å². The van der Waals surface area contributed by atoms with Gasteiger partial charge in [0.05, 0.1) is 11.0 Å². The van der Waals surface area contributed by atoms with Gasteiger partial charge in [-0.1, -0.05) is 26.0 Å². The summed E-state index contributed by atoms with van der Waals surface area (Å²) in [5, 5.41) is 0. The summed E-state index contributed by atoms with van der Waals surface area (Å²) in [5.74, 6) is -0.288. The number of nitrogens with zero attached hydrogens (tertiary/aromatic N) is 2. The normalized spacial score (nSPS) is 13.9. The molecule has 2 heterocycles. The van der Waals surface area contributed by atoms with Crippen LogP contribution in [0.1, 0.15) is 37.4 Å². The van der Waals surface area contributed by atoms with Crippen LogP contribution >= 0.6 is 0 Å². The van der Waals surface area contributed by atoms with Gasteiger partial charge in [-0.3, -0.25) is 4.79 Å². The number of aromatic nitrogens is 3. The lowest BCUT2D eigenvalue weighted by Crippen LogP contribution is -2.29. The van der Waals surface area contributed by atoms with Crippen molar-refractivity contribution in [3.05, 3.63) is 45.9 Å². The molecular formula is C15H14F3N3O. The molecule has 0 saturated carbocycles. The lowest BCUT2D eigenvalue weighted by molar-refractivity contribution is -0.139. The molecule has 2 aromatic heterocycles. The molecule has 0 aliphatic rings. The van der Waals surface area contributed by atoms with Crippen molar-refractivity contribution in [2.45, 2.75) is 32.4 Å². The lowest BCUT2D eigenvalue weighted by Gasteiger charge is -2.16. The minimum atomic E-state index is -4.72. The zero-order valence-corrected chi connectivity index (χ0v) is 12.0. The van der Waals surface area contributed by atoms with Gasteiger partial charge in [-0.2, -0.15) is 13.2 Å². The molecule has 22 heavy (non-hydrogen) atoms. The van der Waals surface area contributed by atoms with Crippen LogP contribution in [0.25, 0.3) is 16.8 Å². The van der Waals surface area contributed by atoms with E-state index in [-0.39, 0.29) is 11.5 Å². The third-order valence-electron chi connectivity index (χ3n) is 3.88. The fraction of sp³-hybridized carbons (Fsp3) is 0.333. The van der Waals surface area contributed by atoms with E-state index in [0.717, 1.165) is 4.40 Å². The van der Waals surface area contributed by atoms with Crippen LogP contribution in [0.15, 0.2) is 29.1 Å². The molecule has 116 valence electrons. The molecule has 0 spiro atoms. The van der Waals surface area contributed by atoms with Crippen molar-refractivity contribution in [3.63, 3.8) is 0 Å². The maximum Gasteiger partial charge on any atom is 0.423 e. The highest BCUT2D eigenvalue weighted by molar-refractivity contribution is 5.79. The SMILES string of the molecule is CCC(C)c1[nH]c2nc3ccccc3n2c(=O)c1C(F)(F)F. The van der Waals surface area contributed by atoms with Crippen molar-refractivity contribution < 1.29 is 13.2 Å². The number of para-hydroxylation sites is 2. The van der Waals surface area contributed by atoms with E-state index in [1.165, 1.54) is 0 Å². The van der Waals surface area contributed by atoms with Crippen molar-refractivity contribution in [2.24, 2.45) is 0 Å². The Morgan fingerprint density at radius 1 is 1.32 bits per heavy atom. The standard InChI is InChI=1S/C15H14F3N3O/c1-3-8(2)12-11(15(16,17)18)13(22)21-10-7-5-4-6-9(10)19-14(21)20-12/h4-8H,3H2,1-2H3,(H,19,20). The number of H-pyrrole nitrogens is 1. The van der Waals surface area contributed by atoms with Gasteiger partial charge in [0.1, 0.15) is 5.56 Å². The Kier molecular flexibility index (Phi) is 3.23. The third kappa shape index (κ3) is 2.08. The second-order valence-electron chi connectivity index (χ2n) is 5.29. The number of hydrogen-bond acceptors (Lipinski definition) is 2. The van der Waals surface area contributed by atoms with E-state index >= 15 is 0 Å². The van der Waals surface area contributed by atoms with Gasteiger partial charge in [0.15, 0.2) is 0 Å². The highest BCUT2D eigenvalue weighted by Gasteiger charge is 2.39. The second kappa shape index (κ2) is 4.86. The number of imidazole rings is 1. The van der Waals surface area contributed by atoms with Gasteiger partial charge in [-0.05, 0) is 24.5 Å². The molecule has 3 aromatic rings. The Morgan fingerprint density at radius 3 is 2.64 bits per heavy atom. The monoisotopic (exact) mass is 309 g/mol. The van der Waals surface area contributed by atoms with Gasteiger partial charge in [-0.15, -0.1) is 0 Å². The Morgan fingerprint density at radius 2 is 2.00 bits per heavy atom. The van der Waals surface area contributed by atoms with E-state index in [1.807, 2.05) is 0 Å². The van der Waals surface area contributed by atoms with E-state index < -0.39 is 23.2 Å². The largest absolute Gasteiger partial charge is 0.423 e. The van der Waals surface area contributed by atoms with Crippen molar-refractivity contribution in [1.82, 2.24) is 14.4 Å². The van der Waals surface area contributed by atoms with Crippen LogP contribution in [-0.2, 0) is 6.18 Å². The zero-order chi connectivity index (χ0) is 16.1. The van der Waals surface area contributed by atoms with E-state index in [9.17, 15) is 18.0 Å². The Bertz CT molecular complexity index is 908. The summed E-state index contributed by atoms with van der Waals surface area (Å²) in [6.45, 7) is 3.43. The number of aromatic amines is 1. The summed E-state index contributed by atoms with van der Waals surface area (Å²) < 4.78 is 41.1. The Hall–Kier alpha value is -2.31. The lowest BCUT2D eigenvalue weighted by atomic mass is 10.00. The van der Waals surface area contributed by atoms with Gasteiger partial charge in [0, 0.05) is 5.69 Å². The molecule has 0 saturated heterocycles.